The van der Waals surface area contributed by atoms with E-state index in [-0.39, 0.29) is 42.0 Å². The second kappa shape index (κ2) is 12.5. The molecule has 222 valence electrons. The molecule has 41 heavy (non-hydrogen) atoms. The van der Waals surface area contributed by atoms with Crippen LogP contribution in [0.15, 0.2) is 24.3 Å². The molecule has 2 aromatic carbocycles. The van der Waals surface area contributed by atoms with Crippen molar-refractivity contribution in [2.45, 2.75) is 65.0 Å². The lowest BCUT2D eigenvalue weighted by Gasteiger charge is -2.35. The number of carbonyl (C=O) groups is 2. The van der Waals surface area contributed by atoms with E-state index < -0.39 is 0 Å². The molecule has 0 spiro atoms. The number of ketones is 1. The van der Waals surface area contributed by atoms with Gasteiger partial charge in [0.15, 0.2) is 5.78 Å². The molecule has 0 saturated carbocycles. The van der Waals surface area contributed by atoms with E-state index in [0.717, 1.165) is 59.6 Å². The van der Waals surface area contributed by atoms with Crippen LogP contribution in [0, 0.1) is 5.41 Å². The van der Waals surface area contributed by atoms with Crippen molar-refractivity contribution in [3.05, 3.63) is 52.1 Å². The zero-order chi connectivity index (χ0) is 29.9. The largest absolute Gasteiger partial charge is 0.494 e. The van der Waals surface area contributed by atoms with E-state index in [9.17, 15) is 9.59 Å². The van der Waals surface area contributed by atoms with Crippen LogP contribution in [-0.2, 0) is 27.9 Å². The first-order valence-electron chi connectivity index (χ1n) is 14.4. The Kier molecular flexibility index (Phi) is 9.27. The van der Waals surface area contributed by atoms with Crippen LogP contribution >= 0.6 is 0 Å². The van der Waals surface area contributed by atoms with Crippen molar-refractivity contribution in [1.82, 2.24) is 10.2 Å². The molecule has 2 aliphatic rings. The Balaban J connectivity index is 1.63. The van der Waals surface area contributed by atoms with Crippen LogP contribution in [0.4, 0.5) is 5.69 Å². The monoisotopic (exact) mass is 564 g/mol. The van der Waals surface area contributed by atoms with Crippen molar-refractivity contribution in [1.29, 1.82) is 5.41 Å². The molecule has 2 N–H and O–H groups in total. The van der Waals surface area contributed by atoms with Gasteiger partial charge in [-0.1, -0.05) is 20.8 Å². The Hall–Kier alpha value is -3.59. The summed E-state index contributed by atoms with van der Waals surface area (Å²) in [4.78, 5) is 30.0. The first-order chi connectivity index (χ1) is 19.5. The summed E-state index contributed by atoms with van der Waals surface area (Å²) in [6, 6.07) is 7.66. The molecule has 0 atom stereocenters. The summed E-state index contributed by atoms with van der Waals surface area (Å²) in [6.07, 6.45) is 2.23. The number of fused-ring (bicyclic) bond motifs is 1. The van der Waals surface area contributed by atoms with E-state index in [1.165, 1.54) is 0 Å². The number of anilines is 1. The number of nitrogens with one attached hydrogen (secondary N) is 2. The van der Waals surface area contributed by atoms with Crippen LogP contribution in [0.3, 0.4) is 0 Å². The Bertz CT molecular complexity index is 1310. The Labute approximate surface area is 243 Å². The van der Waals surface area contributed by atoms with E-state index in [1.807, 2.05) is 31.2 Å². The SMILES string of the molecule is CCOc1cc2c(cc1CC(=O)NC)C(=N)N(CC(=O)c1cc(N3CCC(OC)CC3)c(OC)c(C(C)(C)C)c1)C2. The number of rotatable bonds is 10. The molecule has 1 saturated heterocycles. The zero-order valence-electron chi connectivity index (χ0n) is 25.5. The van der Waals surface area contributed by atoms with Crippen LogP contribution in [0.1, 0.15) is 73.1 Å². The first kappa shape index (κ1) is 30.4. The summed E-state index contributed by atoms with van der Waals surface area (Å²) in [7, 11) is 5.05. The third-order valence-electron chi connectivity index (χ3n) is 8.00. The summed E-state index contributed by atoms with van der Waals surface area (Å²) in [5.74, 6) is 1.54. The van der Waals surface area contributed by atoms with Crippen molar-refractivity contribution in [3.8, 4) is 11.5 Å². The molecular formula is C32H44N4O5. The summed E-state index contributed by atoms with van der Waals surface area (Å²) in [5.41, 5.74) is 4.65. The number of nitrogens with zero attached hydrogens (tertiary/aromatic N) is 2. The highest BCUT2D eigenvalue weighted by atomic mass is 16.5. The number of carbonyl (C=O) groups excluding carboxylic acids is 2. The minimum Gasteiger partial charge on any atom is -0.494 e. The fraction of sp³-hybridized carbons (Fsp3) is 0.531. The maximum atomic E-state index is 13.8. The van der Waals surface area contributed by atoms with Crippen molar-refractivity contribution >= 4 is 23.2 Å². The van der Waals surface area contributed by atoms with Gasteiger partial charge in [-0.05, 0) is 55.0 Å². The van der Waals surface area contributed by atoms with Gasteiger partial charge in [0.05, 0.1) is 38.5 Å². The van der Waals surface area contributed by atoms with Gasteiger partial charge in [0, 0.05) is 56.0 Å². The fourth-order valence-electron chi connectivity index (χ4n) is 5.68. The molecule has 9 heteroatoms. The predicted octanol–water partition coefficient (Wildman–Crippen LogP) is 4.32. The van der Waals surface area contributed by atoms with Crippen LogP contribution in [0.2, 0.25) is 0 Å². The molecule has 2 heterocycles. The lowest BCUT2D eigenvalue weighted by atomic mass is 9.84. The third kappa shape index (κ3) is 6.50. The van der Waals surface area contributed by atoms with E-state index in [2.05, 4.69) is 31.0 Å². The van der Waals surface area contributed by atoms with Gasteiger partial charge in [-0.25, -0.2) is 0 Å². The molecule has 2 aliphatic heterocycles. The number of ether oxygens (including phenoxy) is 3. The van der Waals surface area contributed by atoms with Crippen molar-refractivity contribution < 1.29 is 23.8 Å². The van der Waals surface area contributed by atoms with Crippen LogP contribution < -0.4 is 19.7 Å². The number of piperidine rings is 1. The van der Waals surface area contributed by atoms with E-state index in [4.69, 9.17) is 19.6 Å². The van der Waals surface area contributed by atoms with Gasteiger partial charge in [-0.3, -0.25) is 15.0 Å². The molecule has 1 amide bonds. The highest BCUT2D eigenvalue weighted by Gasteiger charge is 2.31. The van der Waals surface area contributed by atoms with Crippen LogP contribution in [0.5, 0.6) is 11.5 Å². The zero-order valence-corrected chi connectivity index (χ0v) is 25.5. The molecule has 0 bridgehead atoms. The standard InChI is InChI=1S/C32H44N4O5/c1-8-41-28-16-22-18-36(31(33)24(22)13-21(28)17-29(38)34-5)19-27(37)20-14-25(32(2,3)4)30(40-7)26(15-20)35-11-9-23(39-6)10-12-35/h13-16,23,33H,8-12,17-19H2,1-7H3,(H,34,38). The lowest BCUT2D eigenvalue weighted by Crippen LogP contribution is -2.37. The number of hydrogen-bond donors (Lipinski definition) is 2. The summed E-state index contributed by atoms with van der Waals surface area (Å²) in [5, 5.41) is 11.5. The van der Waals surface area contributed by atoms with Gasteiger partial charge in [0.1, 0.15) is 17.3 Å². The van der Waals surface area contributed by atoms with Crippen LogP contribution in [-0.4, -0.2) is 76.0 Å². The molecule has 0 aromatic heterocycles. The number of hydrogen-bond acceptors (Lipinski definition) is 7. The highest BCUT2D eigenvalue weighted by molar-refractivity contribution is 6.06. The quantitative estimate of drug-likeness (QED) is 0.414. The minimum atomic E-state index is -0.241. The number of likely N-dealkylation sites (N-methyl/N-ethyl adjacent to an activating group) is 1. The summed E-state index contributed by atoms with van der Waals surface area (Å²) >= 11 is 0. The average molecular weight is 565 g/mol. The number of methoxy groups -OCH3 is 2. The topological polar surface area (TPSA) is 104 Å². The Morgan fingerprint density at radius 2 is 1.80 bits per heavy atom. The predicted molar refractivity (Wildman–Crippen MR) is 161 cm³/mol. The second-order valence-corrected chi connectivity index (χ2v) is 11.8. The summed E-state index contributed by atoms with van der Waals surface area (Å²) < 4.78 is 17.3. The number of benzene rings is 2. The minimum absolute atomic E-state index is 0.0562. The van der Waals surface area contributed by atoms with Crippen molar-refractivity contribution in [2.24, 2.45) is 0 Å². The maximum Gasteiger partial charge on any atom is 0.224 e. The lowest BCUT2D eigenvalue weighted by molar-refractivity contribution is -0.119. The van der Waals surface area contributed by atoms with Crippen molar-refractivity contribution in [3.63, 3.8) is 0 Å². The second-order valence-electron chi connectivity index (χ2n) is 11.8. The normalized spacial score (nSPS) is 15.6. The molecule has 0 radical (unpaired) electrons. The van der Waals surface area contributed by atoms with Gasteiger partial charge in [0.25, 0.3) is 0 Å². The van der Waals surface area contributed by atoms with Gasteiger partial charge in [-0.15, -0.1) is 0 Å². The van der Waals surface area contributed by atoms with Crippen LogP contribution in [0.25, 0.3) is 0 Å². The first-order valence-corrected chi connectivity index (χ1v) is 14.4. The highest BCUT2D eigenvalue weighted by Crippen LogP contribution is 2.41. The molecule has 4 rings (SSSR count). The number of amidine groups is 1. The van der Waals surface area contributed by atoms with E-state index in [0.29, 0.717) is 24.5 Å². The Morgan fingerprint density at radius 3 is 2.39 bits per heavy atom. The number of Topliss-reactive ketones (excluding diaryl/α,β-unsaturated/α-hetero) is 1. The molecule has 0 unspecified atom stereocenters. The van der Waals surface area contributed by atoms with E-state index >= 15 is 0 Å². The van der Waals surface area contributed by atoms with Gasteiger partial charge < -0.3 is 29.3 Å². The maximum absolute atomic E-state index is 13.8. The molecule has 9 nitrogen and oxygen atoms in total. The molecule has 2 aromatic rings. The van der Waals surface area contributed by atoms with Gasteiger partial charge >= 0.3 is 0 Å². The van der Waals surface area contributed by atoms with Gasteiger partial charge in [-0.2, -0.15) is 0 Å². The van der Waals surface area contributed by atoms with Crippen molar-refractivity contribution in [2.75, 3.05) is 52.4 Å². The third-order valence-corrected chi connectivity index (χ3v) is 8.00. The molecule has 1 fully saturated rings. The van der Waals surface area contributed by atoms with Gasteiger partial charge in [0.2, 0.25) is 5.91 Å². The fourth-order valence-corrected chi connectivity index (χ4v) is 5.68. The molecule has 0 aliphatic carbocycles. The smallest absolute Gasteiger partial charge is 0.224 e. The molecular weight excluding hydrogens is 520 g/mol. The Morgan fingerprint density at radius 1 is 1.10 bits per heavy atom. The summed E-state index contributed by atoms with van der Waals surface area (Å²) in [6.45, 7) is 10.9. The number of amides is 1. The average Bonchev–Trinajstić information content (AvgIpc) is 3.25. The van der Waals surface area contributed by atoms with E-state index in [1.54, 1.807) is 26.2 Å².